The summed E-state index contributed by atoms with van der Waals surface area (Å²) >= 11 is 1.54. The Hall–Kier alpha value is -2.21. The van der Waals surface area contributed by atoms with Gasteiger partial charge >= 0.3 is 5.97 Å². The molecule has 1 N–H and O–H groups in total. The lowest BCUT2D eigenvalue weighted by Gasteiger charge is -1.98. The summed E-state index contributed by atoms with van der Waals surface area (Å²) in [5.74, 6) is -0.334. The van der Waals surface area contributed by atoms with E-state index in [9.17, 15) is 4.79 Å². The second kappa shape index (κ2) is 3.67. The summed E-state index contributed by atoms with van der Waals surface area (Å²) < 4.78 is 1.69. The van der Waals surface area contributed by atoms with Gasteiger partial charge in [0, 0.05) is 6.20 Å². The van der Waals surface area contributed by atoms with Gasteiger partial charge in [-0.05, 0) is 23.6 Å². The molecule has 0 saturated carbocycles. The molecule has 3 aromatic rings. The maximum absolute atomic E-state index is 11.0. The summed E-state index contributed by atoms with van der Waals surface area (Å²) in [6.45, 7) is 0. The number of carbonyl (C=O) groups is 1. The van der Waals surface area contributed by atoms with E-state index in [1.54, 1.807) is 16.7 Å². The van der Waals surface area contributed by atoms with Crippen molar-refractivity contribution in [3.05, 3.63) is 41.4 Å². The van der Waals surface area contributed by atoms with Gasteiger partial charge in [0.2, 0.25) is 0 Å². The van der Waals surface area contributed by atoms with Crippen LogP contribution in [-0.4, -0.2) is 25.7 Å². The highest BCUT2D eigenvalue weighted by molar-refractivity contribution is 7.13. The molecule has 0 aliphatic heterocycles. The predicted molar refractivity (Wildman–Crippen MR) is 63.3 cm³/mol. The van der Waals surface area contributed by atoms with E-state index in [0.29, 0.717) is 11.5 Å². The fourth-order valence-electron chi connectivity index (χ4n) is 1.66. The number of rotatable bonds is 2. The minimum absolute atomic E-state index is 0.155. The zero-order valence-corrected chi connectivity index (χ0v) is 9.39. The molecule has 0 unspecified atom stereocenters. The Balaban J connectivity index is 2.31. The van der Waals surface area contributed by atoms with Crippen LogP contribution in [0.2, 0.25) is 0 Å². The van der Waals surface area contributed by atoms with Crippen LogP contribution in [0.25, 0.3) is 16.3 Å². The number of carboxylic acid groups (broad SMARTS) is 1. The molecule has 5 nitrogen and oxygen atoms in total. The highest BCUT2D eigenvalue weighted by Gasteiger charge is 2.14. The largest absolute Gasteiger partial charge is 0.478 e. The molecule has 0 aromatic carbocycles. The molecular formula is C11H7N3O2S. The predicted octanol–water partition coefficient (Wildman–Crippen LogP) is 2.16. The van der Waals surface area contributed by atoms with E-state index in [-0.39, 0.29) is 5.56 Å². The standard InChI is InChI=1S/C11H7N3O2S/c15-11(16)7-3-1-5-14-9(7)12-13-10(14)8-4-2-6-17-8/h1-6H,(H,15,16). The zero-order valence-electron chi connectivity index (χ0n) is 8.57. The Kier molecular flexibility index (Phi) is 2.15. The third-order valence-corrected chi connectivity index (χ3v) is 3.27. The first kappa shape index (κ1) is 9.98. The second-order valence-corrected chi connectivity index (χ2v) is 4.37. The third kappa shape index (κ3) is 1.50. The summed E-state index contributed by atoms with van der Waals surface area (Å²) in [4.78, 5) is 12.0. The minimum Gasteiger partial charge on any atom is -0.478 e. The van der Waals surface area contributed by atoms with Gasteiger partial charge in [-0.3, -0.25) is 4.40 Å². The summed E-state index contributed by atoms with van der Waals surface area (Å²) in [6.07, 6.45) is 1.76. The van der Waals surface area contributed by atoms with Crippen LogP contribution in [0.1, 0.15) is 10.4 Å². The molecule has 0 aliphatic rings. The van der Waals surface area contributed by atoms with Crippen LogP contribution in [0.4, 0.5) is 0 Å². The molecular weight excluding hydrogens is 238 g/mol. The van der Waals surface area contributed by atoms with E-state index >= 15 is 0 Å². The van der Waals surface area contributed by atoms with Gasteiger partial charge in [0.1, 0.15) is 5.56 Å². The number of aromatic nitrogens is 3. The van der Waals surface area contributed by atoms with Gasteiger partial charge in [-0.25, -0.2) is 4.79 Å². The Labute approximate surface area is 100.0 Å². The van der Waals surface area contributed by atoms with E-state index in [2.05, 4.69) is 10.2 Å². The van der Waals surface area contributed by atoms with Crippen LogP contribution in [-0.2, 0) is 0 Å². The van der Waals surface area contributed by atoms with E-state index < -0.39 is 5.97 Å². The first-order valence-electron chi connectivity index (χ1n) is 4.88. The normalized spacial score (nSPS) is 10.8. The second-order valence-electron chi connectivity index (χ2n) is 3.42. The average Bonchev–Trinajstić information content (AvgIpc) is 2.96. The van der Waals surface area contributed by atoms with Gasteiger partial charge in [-0.15, -0.1) is 21.5 Å². The molecule has 0 spiro atoms. The molecule has 0 atom stereocenters. The molecule has 3 heterocycles. The number of carboxylic acids is 1. The summed E-state index contributed by atoms with van der Waals surface area (Å²) in [7, 11) is 0. The molecule has 0 saturated heterocycles. The smallest absolute Gasteiger partial charge is 0.339 e. The molecule has 3 aromatic heterocycles. The number of hydrogen-bond acceptors (Lipinski definition) is 4. The van der Waals surface area contributed by atoms with Crippen molar-refractivity contribution in [3.63, 3.8) is 0 Å². The lowest BCUT2D eigenvalue weighted by Crippen LogP contribution is -2.00. The van der Waals surface area contributed by atoms with Crippen LogP contribution in [0, 0.1) is 0 Å². The summed E-state index contributed by atoms with van der Waals surface area (Å²) in [6, 6.07) is 7.04. The van der Waals surface area contributed by atoms with Crippen LogP contribution in [0.15, 0.2) is 35.8 Å². The van der Waals surface area contributed by atoms with E-state index in [1.807, 2.05) is 17.5 Å². The maximum atomic E-state index is 11.0. The molecule has 0 fully saturated rings. The SMILES string of the molecule is O=C(O)c1cccn2c(-c3cccs3)nnc12. The quantitative estimate of drug-likeness (QED) is 0.751. The van der Waals surface area contributed by atoms with E-state index in [0.717, 1.165) is 4.88 Å². The number of pyridine rings is 1. The molecule has 84 valence electrons. The lowest BCUT2D eigenvalue weighted by molar-refractivity contribution is 0.0698. The lowest BCUT2D eigenvalue weighted by atomic mass is 10.3. The molecule has 6 heteroatoms. The van der Waals surface area contributed by atoms with Gasteiger partial charge in [-0.2, -0.15) is 0 Å². The third-order valence-electron chi connectivity index (χ3n) is 2.41. The van der Waals surface area contributed by atoms with Gasteiger partial charge < -0.3 is 5.11 Å². The zero-order chi connectivity index (χ0) is 11.8. The van der Waals surface area contributed by atoms with Crippen LogP contribution >= 0.6 is 11.3 Å². The van der Waals surface area contributed by atoms with Crippen LogP contribution < -0.4 is 0 Å². The van der Waals surface area contributed by atoms with Crippen molar-refractivity contribution in [2.24, 2.45) is 0 Å². The van der Waals surface area contributed by atoms with Crippen molar-refractivity contribution in [3.8, 4) is 10.7 Å². The fraction of sp³-hybridized carbons (Fsp3) is 0. The summed E-state index contributed by atoms with van der Waals surface area (Å²) in [5, 5.41) is 19.0. The monoisotopic (exact) mass is 245 g/mol. The molecule has 3 rings (SSSR count). The molecule has 17 heavy (non-hydrogen) atoms. The first-order valence-corrected chi connectivity index (χ1v) is 5.76. The average molecular weight is 245 g/mol. The number of nitrogens with zero attached hydrogens (tertiary/aromatic N) is 3. The van der Waals surface area contributed by atoms with Crippen molar-refractivity contribution >= 4 is 23.0 Å². The topological polar surface area (TPSA) is 67.5 Å². The van der Waals surface area contributed by atoms with E-state index in [1.165, 1.54) is 17.4 Å². The van der Waals surface area contributed by atoms with Crippen molar-refractivity contribution < 1.29 is 9.90 Å². The Morgan fingerprint density at radius 1 is 1.29 bits per heavy atom. The molecule has 0 aliphatic carbocycles. The van der Waals surface area contributed by atoms with Crippen molar-refractivity contribution in [2.75, 3.05) is 0 Å². The van der Waals surface area contributed by atoms with Gasteiger partial charge in [-0.1, -0.05) is 6.07 Å². The number of aromatic carboxylic acids is 1. The van der Waals surface area contributed by atoms with Gasteiger partial charge in [0.25, 0.3) is 0 Å². The van der Waals surface area contributed by atoms with E-state index in [4.69, 9.17) is 5.11 Å². The van der Waals surface area contributed by atoms with Crippen molar-refractivity contribution in [1.82, 2.24) is 14.6 Å². The molecule has 0 amide bonds. The van der Waals surface area contributed by atoms with Crippen LogP contribution in [0.3, 0.4) is 0 Å². The first-order chi connectivity index (χ1) is 8.27. The summed E-state index contributed by atoms with van der Waals surface area (Å²) in [5.41, 5.74) is 0.520. The Morgan fingerprint density at radius 2 is 2.18 bits per heavy atom. The Morgan fingerprint density at radius 3 is 2.88 bits per heavy atom. The Bertz CT molecular complexity index is 688. The number of fused-ring (bicyclic) bond motifs is 1. The highest BCUT2D eigenvalue weighted by Crippen LogP contribution is 2.24. The maximum Gasteiger partial charge on any atom is 0.339 e. The fourth-order valence-corrected chi connectivity index (χ4v) is 2.36. The van der Waals surface area contributed by atoms with Crippen molar-refractivity contribution in [1.29, 1.82) is 0 Å². The number of hydrogen-bond donors (Lipinski definition) is 1. The minimum atomic E-state index is -0.999. The highest BCUT2D eigenvalue weighted by atomic mass is 32.1. The van der Waals surface area contributed by atoms with Gasteiger partial charge in [0.15, 0.2) is 11.5 Å². The number of thiophene rings is 1. The molecule has 0 bridgehead atoms. The van der Waals surface area contributed by atoms with Crippen LogP contribution in [0.5, 0.6) is 0 Å². The molecule has 0 radical (unpaired) electrons. The van der Waals surface area contributed by atoms with Gasteiger partial charge in [0.05, 0.1) is 4.88 Å². The van der Waals surface area contributed by atoms with Crippen molar-refractivity contribution in [2.45, 2.75) is 0 Å².